The third-order valence-electron chi connectivity index (χ3n) is 4.47. The number of phenolic OH excluding ortho intramolecular Hbond substituents is 1. The molecule has 0 saturated heterocycles. The highest BCUT2D eigenvalue weighted by molar-refractivity contribution is 5.86. The molecule has 0 saturated carbocycles. The number of aryl methyl sites for hydroxylation is 1. The number of rotatable bonds is 4. The Morgan fingerprint density at radius 2 is 1.89 bits per heavy atom. The lowest BCUT2D eigenvalue weighted by atomic mass is 9.97. The fraction of sp³-hybridized carbons (Fsp3) is 0.0909. The summed E-state index contributed by atoms with van der Waals surface area (Å²) < 4.78 is 13.6. The molecule has 4 nitrogen and oxygen atoms in total. The van der Waals surface area contributed by atoms with Crippen molar-refractivity contribution >= 4 is 16.6 Å². The molecule has 0 aliphatic heterocycles. The third kappa shape index (κ3) is 3.44. The SMILES string of the molecule is Cc1ccc2ccc(C(Nc3cccc(F)c3)c3cccnc3)c(O)c2n1. The molecule has 5 heteroatoms. The van der Waals surface area contributed by atoms with Gasteiger partial charge in [-0.05, 0) is 42.8 Å². The second-order valence-corrected chi connectivity index (χ2v) is 6.40. The molecular formula is C22H18FN3O. The van der Waals surface area contributed by atoms with Crippen molar-refractivity contribution in [2.24, 2.45) is 0 Å². The molecule has 2 N–H and O–H groups in total. The molecule has 0 aliphatic carbocycles. The zero-order valence-corrected chi connectivity index (χ0v) is 14.7. The Hall–Kier alpha value is -3.47. The van der Waals surface area contributed by atoms with Crippen LogP contribution in [0, 0.1) is 12.7 Å². The molecule has 1 unspecified atom stereocenters. The molecule has 0 bridgehead atoms. The van der Waals surface area contributed by atoms with Gasteiger partial charge in [0.2, 0.25) is 0 Å². The van der Waals surface area contributed by atoms with Gasteiger partial charge in [-0.1, -0.05) is 30.3 Å². The van der Waals surface area contributed by atoms with Gasteiger partial charge in [-0.3, -0.25) is 4.98 Å². The lowest BCUT2D eigenvalue weighted by Crippen LogP contribution is -2.13. The van der Waals surface area contributed by atoms with Crippen LogP contribution in [0.15, 0.2) is 73.1 Å². The van der Waals surface area contributed by atoms with E-state index in [4.69, 9.17) is 0 Å². The van der Waals surface area contributed by atoms with E-state index in [1.54, 1.807) is 24.5 Å². The number of phenols is 1. The second kappa shape index (κ2) is 7.03. The Morgan fingerprint density at radius 3 is 2.67 bits per heavy atom. The van der Waals surface area contributed by atoms with E-state index >= 15 is 0 Å². The fourth-order valence-electron chi connectivity index (χ4n) is 3.15. The molecule has 134 valence electrons. The largest absolute Gasteiger partial charge is 0.505 e. The van der Waals surface area contributed by atoms with Gasteiger partial charge in [0.15, 0.2) is 0 Å². The first-order chi connectivity index (χ1) is 13.1. The maximum atomic E-state index is 13.6. The van der Waals surface area contributed by atoms with Crippen LogP contribution in [0.25, 0.3) is 10.9 Å². The minimum atomic E-state index is -0.410. The first-order valence-electron chi connectivity index (χ1n) is 8.63. The minimum absolute atomic E-state index is 0.106. The van der Waals surface area contributed by atoms with E-state index in [9.17, 15) is 9.50 Å². The van der Waals surface area contributed by atoms with Gasteiger partial charge in [-0.2, -0.15) is 0 Å². The molecule has 0 fully saturated rings. The second-order valence-electron chi connectivity index (χ2n) is 6.40. The van der Waals surface area contributed by atoms with Crippen LogP contribution >= 0.6 is 0 Å². The zero-order valence-electron chi connectivity index (χ0n) is 14.7. The highest BCUT2D eigenvalue weighted by atomic mass is 19.1. The number of aromatic hydroxyl groups is 1. The number of anilines is 1. The first kappa shape index (κ1) is 17.0. The van der Waals surface area contributed by atoms with Gasteiger partial charge in [0.1, 0.15) is 17.1 Å². The average molecular weight is 359 g/mol. The van der Waals surface area contributed by atoms with Crippen LogP contribution in [0.3, 0.4) is 0 Å². The van der Waals surface area contributed by atoms with Crippen molar-refractivity contribution < 1.29 is 9.50 Å². The maximum absolute atomic E-state index is 13.6. The van der Waals surface area contributed by atoms with E-state index < -0.39 is 6.04 Å². The monoisotopic (exact) mass is 359 g/mol. The van der Waals surface area contributed by atoms with Crippen LogP contribution in [0.2, 0.25) is 0 Å². The number of fused-ring (bicyclic) bond motifs is 1. The molecular weight excluding hydrogens is 341 g/mol. The number of halogens is 1. The quantitative estimate of drug-likeness (QED) is 0.539. The number of aromatic nitrogens is 2. The van der Waals surface area contributed by atoms with E-state index in [0.29, 0.717) is 16.8 Å². The number of hydrogen-bond acceptors (Lipinski definition) is 4. The van der Waals surface area contributed by atoms with E-state index in [1.807, 2.05) is 43.3 Å². The Bertz CT molecular complexity index is 1100. The lowest BCUT2D eigenvalue weighted by molar-refractivity contribution is 0.471. The zero-order chi connectivity index (χ0) is 18.8. The van der Waals surface area contributed by atoms with Crippen molar-refractivity contribution in [2.75, 3.05) is 5.32 Å². The molecule has 2 aromatic carbocycles. The molecule has 0 amide bonds. The van der Waals surface area contributed by atoms with E-state index in [0.717, 1.165) is 16.6 Å². The number of nitrogens with one attached hydrogen (secondary N) is 1. The van der Waals surface area contributed by atoms with E-state index in [2.05, 4.69) is 15.3 Å². The topological polar surface area (TPSA) is 58.0 Å². The molecule has 27 heavy (non-hydrogen) atoms. The van der Waals surface area contributed by atoms with Crippen molar-refractivity contribution in [3.63, 3.8) is 0 Å². The van der Waals surface area contributed by atoms with Crippen LogP contribution in [0.4, 0.5) is 10.1 Å². The van der Waals surface area contributed by atoms with E-state index in [-0.39, 0.29) is 11.6 Å². The number of nitrogens with zero attached hydrogens (tertiary/aromatic N) is 2. The average Bonchev–Trinajstić information content (AvgIpc) is 2.68. The molecule has 4 rings (SSSR count). The standard InChI is InChI=1S/C22H18FN3O/c1-14-7-8-15-9-10-19(22(27)21(15)25-14)20(16-4-3-11-24-13-16)26-18-6-2-5-17(23)12-18/h2-13,20,26-27H,1H3. The molecule has 0 spiro atoms. The van der Waals surface area contributed by atoms with Crippen molar-refractivity contribution in [1.82, 2.24) is 9.97 Å². The third-order valence-corrected chi connectivity index (χ3v) is 4.47. The predicted octanol–water partition coefficient (Wildman–Crippen LogP) is 4.98. The normalized spacial score (nSPS) is 12.1. The van der Waals surface area contributed by atoms with Crippen LogP contribution in [0.5, 0.6) is 5.75 Å². The van der Waals surface area contributed by atoms with Gasteiger partial charge >= 0.3 is 0 Å². The smallest absolute Gasteiger partial charge is 0.147 e. The van der Waals surface area contributed by atoms with Gasteiger partial charge < -0.3 is 10.4 Å². The van der Waals surface area contributed by atoms with Crippen molar-refractivity contribution in [3.05, 3.63) is 95.7 Å². The van der Waals surface area contributed by atoms with Crippen LogP contribution < -0.4 is 5.32 Å². The van der Waals surface area contributed by atoms with Gasteiger partial charge in [0, 0.05) is 34.7 Å². The molecule has 4 aromatic rings. The number of hydrogen-bond donors (Lipinski definition) is 2. The first-order valence-corrected chi connectivity index (χ1v) is 8.63. The summed E-state index contributed by atoms with van der Waals surface area (Å²) in [5.74, 6) is -0.223. The van der Waals surface area contributed by atoms with Crippen LogP contribution in [-0.4, -0.2) is 15.1 Å². The number of pyridine rings is 2. The lowest BCUT2D eigenvalue weighted by Gasteiger charge is -2.22. The Balaban J connectivity index is 1.86. The summed E-state index contributed by atoms with van der Waals surface area (Å²) in [6, 6.07) is 17.2. The Morgan fingerprint density at radius 1 is 1.04 bits per heavy atom. The molecule has 0 aliphatic rings. The summed E-state index contributed by atoms with van der Waals surface area (Å²) in [6.07, 6.45) is 3.41. The Kier molecular flexibility index (Phi) is 4.42. The molecule has 0 radical (unpaired) electrons. The summed E-state index contributed by atoms with van der Waals surface area (Å²) >= 11 is 0. The van der Waals surface area contributed by atoms with Crippen LogP contribution in [0.1, 0.15) is 22.9 Å². The maximum Gasteiger partial charge on any atom is 0.147 e. The summed E-state index contributed by atoms with van der Waals surface area (Å²) in [5.41, 5.74) is 3.48. The summed E-state index contributed by atoms with van der Waals surface area (Å²) in [5, 5.41) is 15.1. The minimum Gasteiger partial charge on any atom is -0.505 e. The molecule has 2 aromatic heterocycles. The van der Waals surface area contributed by atoms with Crippen molar-refractivity contribution in [2.45, 2.75) is 13.0 Å². The van der Waals surface area contributed by atoms with Gasteiger partial charge in [-0.25, -0.2) is 9.37 Å². The van der Waals surface area contributed by atoms with Crippen LogP contribution in [-0.2, 0) is 0 Å². The van der Waals surface area contributed by atoms with Crippen molar-refractivity contribution in [3.8, 4) is 5.75 Å². The van der Waals surface area contributed by atoms with E-state index in [1.165, 1.54) is 12.1 Å². The highest BCUT2D eigenvalue weighted by Crippen LogP contribution is 2.36. The molecule has 2 heterocycles. The fourth-order valence-corrected chi connectivity index (χ4v) is 3.15. The van der Waals surface area contributed by atoms with Gasteiger partial charge in [0.05, 0.1) is 6.04 Å². The number of benzene rings is 2. The van der Waals surface area contributed by atoms with Gasteiger partial charge in [-0.15, -0.1) is 0 Å². The summed E-state index contributed by atoms with van der Waals surface area (Å²) in [7, 11) is 0. The molecule has 1 atom stereocenters. The van der Waals surface area contributed by atoms with Crippen molar-refractivity contribution in [1.29, 1.82) is 0 Å². The van der Waals surface area contributed by atoms with Gasteiger partial charge in [0.25, 0.3) is 0 Å². The summed E-state index contributed by atoms with van der Waals surface area (Å²) in [6.45, 7) is 1.88. The summed E-state index contributed by atoms with van der Waals surface area (Å²) in [4.78, 5) is 8.66. The highest BCUT2D eigenvalue weighted by Gasteiger charge is 2.20. The Labute approximate surface area is 156 Å². The predicted molar refractivity (Wildman–Crippen MR) is 104 cm³/mol.